The number of hydrogen-bond donors (Lipinski definition) is 0. The van der Waals surface area contributed by atoms with E-state index < -0.39 is 4.92 Å². The van der Waals surface area contributed by atoms with Gasteiger partial charge >= 0.3 is 0 Å². The number of aromatic nitrogens is 3. The molecule has 146 valence electrons. The van der Waals surface area contributed by atoms with Crippen molar-refractivity contribution in [2.24, 2.45) is 0 Å². The van der Waals surface area contributed by atoms with Crippen LogP contribution in [0.1, 0.15) is 19.4 Å². The van der Waals surface area contributed by atoms with Gasteiger partial charge in [0.2, 0.25) is 4.96 Å². The lowest BCUT2D eigenvalue weighted by Gasteiger charge is -2.09. The SMILES string of the molecule is CC(C)Oc1ccc(-c2nc3s/c(=C\c4ccc([N+](=O)[O-])cc4)c(=O)n3n2)cc1. The molecule has 4 aromatic rings. The molecule has 0 radical (unpaired) electrons. The molecule has 0 aliphatic rings. The maximum Gasteiger partial charge on any atom is 0.291 e. The molecular formula is C20H16N4O4S. The zero-order valence-electron chi connectivity index (χ0n) is 15.6. The molecule has 0 fully saturated rings. The first kappa shape index (κ1) is 18.8. The lowest BCUT2D eigenvalue weighted by molar-refractivity contribution is -0.384. The van der Waals surface area contributed by atoms with Crippen LogP contribution in [0, 0.1) is 10.1 Å². The molecule has 0 N–H and O–H groups in total. The summed E-state index contributed by atoms with van der Waals surface area (Å²) in [5.74, 6) is 1.22. The van der Waals surface area contributed by atoms with E-state index in [4.69, 9.17) is 4.74 Å². The Kier molecular flexibility index (Phi) is 4.81. The summed E-state index contributed by atoms with van der Waals surface area (Å²) < 4.78 is 7.36. The molecule has 2 heterocycles. The highest BCUT2D eigenvalue weighted by atomic mass is 32.1. The molecule has 0 spiro atoms. The van der Waals surface area contributed by atoms with Crippen LogP contribution >= 0.6 is 11.3 Å². The molecule has 0 saturated heterocycles. The summed E-state index contributed by atoms with van der Waals surface area (Å²) in [6.45, 7) is 3.92. The van der Waals surface area contributed by atoms with Crippen molar-refractivity contribution in [2.75, 3.05) is 0 Å². The van der Waals surface area contributed by atoms with E-state index in [1.807, 2.05) is 38.1 Å². The fourth-order valence-corrected chi connectivity index (χ4v) is 3.66. The Morgan fingerprint density at radius 1 is 1.14 bits per heavy atom. The van der Waals surface area contributed by atoms with Crippen LogP contribution in [0.25, 0.3) is 22.4 Å². The first-order chi connectivity index (χ1) is 13.9. The summed E-state index contributed by atoms with van der Waals surface area (Å²) in [7, 11) is 0. The molecule has 0 amide bonds. The number of thiazole rings is 1. The zero-order valence-corrected chi connectivity index (χ0v) is 16.4. The number of hydrogen-bond acceptors (Lipinski definition) is 7. The molecule has 9 heteroatoms. The summed E-state index contributed by atoms with van der Waals surface area (Å²) in [6.07, 6.45) is 1.76. The number of rotatable bonds is 5. The molecule has 0 saturated carbocycles. The van der Waals surface area contributed by atoms with Crippen molar-refractivity contribution in [2.45, 2.75) is 20.0 Å². The third-order valence-corrected chi connectivity index (χ3v) is 5.03. The van der Waals surface area contributed by atoms with Crippen molar-refractivity contribution in [3.63, 3.8) is 0 Å². The van der Waals surface area contributed by atoms with E-state index >= 15 is 0 Å². The first-order valence-electron chi connectivity index (χ1n) is 8.83. The van der Waals surface area contributed by atoms with Crippen molar-refractivity contribution >= 4 is 28.1 Å². The van der Waals surface area contributed by atoms with E-state index in [9.17, 15) is 14.9 Å². The molecule has 0 atom stereocenters. The maximum atomic E-state index is 12.6. The van der Waals surface area contributed by atoms with Crippen molar-refractivity contribution in [3.8, 4) is 17.1 Å². The zero-order chi connectivity index (χ0) is 20.5. The highest BCUT2D eigenvalue weighted by molar-refractivity contribution is 7.15. The number of ether oxygens (including phenoxy) is 1. The lowest BCUT2D eigenvalue weighted by atomic mass is 10.2. The molecule has 8 nitrogen and oxygen atoms in total. The highest BCUT2D eigenvalue weighted by Gasteiger charge is 2.12. The van der Waals surface area contributed by atoms with E-state index in [0.717, 1.165) is 11.3 Å². The predicted molar refractivity (Wildman–Crippen MR) is 110 cm³/mol. The Hall–Kier alpha value is -3.59. The third kappa shape index (κ3) is 3.85. The Morgan fingerprint density at radius 3 is 2.41 bits per heavy atom. The number of nitrogens with zero attached hydrogens (tertiary/aromatic N) is 4. The van der Waals surface area contributed by atoms with Crippen molar-refractivity contribution < 1.29 is 9.66 Å². The summed E-state index contributed by atoms with van der Waals surface area (Å²) in [6, 6.07) is 13.4. The van der Waals surface area contributed by atoms with Gasteiger partial charge in [0, 0.05) is 17.7 Å². The van der Waals surface area contributed by atoms with Crippen LogP contribution in [0.15, 0.2) is 53.3 Å². The van der Waals surface area contributed by atoms with Gasteiger partial charge in [0.25, 0.3) is 11.2 Å². The molecule has 4 rings (SSSR count). The first-order valence-corrected chi connectivity index (χ1v) is 9.65. The van der Waals surface area contributed by atoms with Gasteiger partial charge in [-0.25, -0.2) is 0 Å². The Morgan fingerprint density at radius 2 is 1.83 bits per heavy atom. The topological polar surface area (TPSA) is 99.6 Å². The summed E-state index contributed by atoms with van der Waals surface area (Å²) in [5, 5.41) is 15.1. The number of fused-ring (bicyclic) bond motifs is 1. The van der Waals surface area contributed by atoms with Gasteiger partial charge in [-0.3, -0.25) is 14.9 Å². The van der Waals surface area contributed by atoms with Gasteiger partial charge in [-0.1, -0.05) is 11.3 Å². The number of nitro benzene ring substituents is 1. The average molecular weight is 408 g/mol. The molecule has 0 aliphatic carbocycles. The van der Waals surface area contributed by atoms with E-state index in [1.54, 1.807) is 18.2 Å². The van der Waals surface area contributed by atoms with E-state index in [2.05, 4.69) is 10.1 Å². The van der Waals surface area contributed by atoms with Crippen LogP contribution in [0.4, 0.5) is 5.69 Å². The van der Waals surface area contributed by atoms with Crippen molar-refractivity contribution in [1.82, 2.24) is 14.6 Å². The molecule has 2 aromatic carbocycles. The van der Waals surface area contributed by atoms with Gasteiger partial charge in [-0.15, -0.1) is 5.10 Å². The van der Waals surface area contributed by atoms with Crippen LogP contribution in [0.2, 0.25) is 0 Å². The molecule has 29 heavy (non-hydrogen) atoms. The smallest absolute Gasteiger partial charge is 0.291 e. The predicted octanol–water partition coefficient (Wildman–Crippen LogP) is 3.06. The van der Waals surface area contributed by atoms with Crippen molar-refractivity contribution in [1.29, 1.82) is 0 Å². The second-order valence-electron chi connectivity index (χ2n) is 6.59. The van der Waals surface area contributed by atoms with E-state index in [1.165, 1.54) is 28.0 Å². The quantitative estimate of drug-likeness (QED) is 0.372. The summed E-state index contributed by atoms with van der Waals surface area (Å²) in [4.78, 5) is 27.9. The van der Waals surface area contributed by atoms with Crippen molar-refractivity contribution in [3.05, 3.63) is 79.1 Å². The molecular weight excluding hydrogens is 392 g/mol. The fraction of sp³-hybridized carbons (Fsp3) is 0.150. The number of benzene rings is 2. The standard InChI is InChI=1S/C20H16N4O4S/c1-12(2)28-16-9-5-14(6-10-16)18-21-20-23(22-18)19(25)17(29-20)11-13-3-7-15(8-4-13)24(26)27/h3-12H,1-2H3/b17-11-. The minimum absolute atomic E-state index is 0.00148. The Labute approximate surface area is 168 Å². The van der Waals surface area contributed by atoms with Crippen LogP contribution in [0.5, 0.6) is 5.75 Å². The monoisotopic (exact) mass is 408 g/mol. The summed E-state index contributed by atoms with van der Waals surface area (Å²) in [5.41, 5.74) is 1.21. The lowest BCUT2D eigenvalue weighted by Crippen LogP contribution is -2.23. The van der Waals surface area contributed by atoms with Crippen LogP contribution in [-0.2, 0) is 0 Å². The summed E-state index contributed by atoms with van der Waals surface area (Å²) >= 11 is 1.22. The highest BCUT2D eigenvalue weighted by Crippen LogP contribution is 2.21. The van der Waals surface area contributed by atoms with E-state index in [0.29, 0.717) is 20.9 Å². The number of non-ortho nitro benzene ring substituents is 1. The molecule has 0 bridgehead atoms. The van der Waals surface area contributed by atoms with Gasteiger partial charge in [0.1, 0.15) is 5.75 Å². The minimum Gasteiger partial charge on any atom is -0.491 e. The average Bonchev–Trinajstić information content (AvgIpc) is 3.22. The van der Waals surface area contributed by atoms with Gasteiger partial charge < -0.3 is 4.74 Å². The maximum absolute atomic E-state index is 12.6. The van der Waals surface area contributed by atoms with Gasteiger partial charge in [-0.05, 0) is 61.9 Å². The van der Waals surface area contributed by atoms with Gasteiger partial charge in [0.15, 0.2) is 5.82 Å². The van der Waals surface area contributed by atoms with Crippen LogP contribution < -0.4 is 14.8 Å². The Bertz CT molecular complexity index is 1290. The molecule has 0 aliphatic heterocycles. The van der Waals surface area contributed by atoms with Crippen LogP contribution in [-0.4, -0.2) is 25.6 Å². The number of nitro groups is 1. The molecule has 0 unspecified atom stereocenters. The third-order valence-electron chi connectivity index (χ3n) is 4.07. The molecule has 2 aromatic heterocycles. The van der Waals surface area contributed by atoms with Gasteiger partial charge in [0.05, 0.1) is 15.6 Å². The Balaban J connectivity index is 1.65. The van der Waals surface area contributed by atoms with Gasteiger partial charge in [-0.2, -0.15) is 9.50 Å². The second kappa shape index (κ2) is 7.44. The van der Waals surface area contributed by atoms with Crippen LogP contribution in [0.3, 0.4) is 0 Å². The minimum atomic E-state index is -0.463. The van der Waals surface area contributed by atoms with E-state index in [-0.39, 0.29) is 17.4 Å². The largest absolute Gasteiger partial charge is 0.491 e. The second-order valence-corrected chi connectivity index (χ2v) is 7.59. The normalized spacial score (nSPS) is 12.0. The fourth-order valence-electron chi connectivity index (χ4n) is 2.75.